The normalized spacial score (nSPS) is 11.3. The molecule has 0 aliphatic heterocycles. The largest absolute Gasteiger partial charge is 0.310 e. The van der Waals surface area contributed by atoms with Crippen LogP contribution in [0, 0.1) is 13.8 Å². The van der Waals surface area contributed by atoms with E-state index in [4.69, 9.17) is 0 Å². The summed E-state index contributed by atoms with van der Waals surface area (Å²) < 4.78 is 4.84. The van der Waals surface area contributed by atoms with Crippen molar-refractivity contribution in [1.29, 1.82) is 0 Å². The fourth-order valence-electron chi connectivity index (χ4n) is 18.1. The average Bonchev–Trinajstić information content (AvgIpc) is 1.57. The van der Waals surface area contributed by atoms with Gasteiger partial charge >= 0.3 is 0 Å². The van der Waals surface area contributed by atoms with Crippen molar-refractivity contribution in [3.05, 3.63) is 509 Å². The molecule has 0 aliphatic carbocycles. The number of rotatable bonds is 18. The maximum Gasteiger partial charge on any atom is 0.0541 e. The number of hydrogen-bond acceptors (Lipinski definition) is 2. The predicted molar refractivity (Wildman–Crippen MR) is 535 cm³/mol. The van der Waals surface area contributed by atoms with Crippen LogP contribution in [0.3, 0.4) is 0 Å². The Morgan fingerprint density at radius 2 is 0.325 bits per heavy atom. The van der Waals surface area contributed by atoms with Gasteiger partial charge in [-0.3, -0.25) is 0 Å². The summed E-state index contributed by atoms with van der Waals surface area (Å²) in [5.74, 6) is 0. The second-order valence-electron chi connectivity index (χ2n) is 32.6. The molecule has 4 heteroatoms. The molecule has 2 aromatic heterocycles. The summed E-state index contributed by atoms with van der Waals surface area (Å²) in [5, 5.41) is 5.04. The van der Waals surface area contributed by atoms with E-state index in [0.717, 1.165) is 62.2 Å². The van der Waals surface area contributed by atoms with Gasteiger partial charge in [-0.2, -0.15) is 0 Å². The summed E-state index contributed by atoms with van der Waals surface area (Å²) >= 11 is 0. The molecule has 126 heavy (non-hydrogen) atoms. The van der Waals surface area contributed by atoms with E-state index in [0.29, 0.717) is 0 Å². The highest BCUT2D eigenvalue weighted by Crippen LogP contribution is 2.45. The van der Waals surface area contributed by atoms with E-state index in [9.17, 15) is 0 Å². The van der Waals surface area contributed by atoms with Crippen LogP contribution in [0.1, 0.15) is 11.1 Å². The Hall–Kier alpha value is -16.4. The van der Waals surface area contributed by atoms with Gasteiger partial charge in [0.1, 0.15) is 0 Å². The van der Waals surface area contributed by atoms with Crippen molar-refractivity contribution in [2.45, 2.75) is 13.8 Å². The van der Waals surface area contributed by atoms with Crippen molar-refractivity contribution in [1.82, 2.24) is 9.13 Å². The lowest BCUT2D eigenvalue weighted by atomic mass is 9.99. The van der Waals surface area contributed by atoms with Crippen LogP contribution < -0.4 is 9.80 Å². The van der Waals surface area contributed by atoms with E-state index in [1.807, 2.05) is 0 Å². The van der Waals surface area contributed by atoms with Crippen molar-refractivity contribution in [2.24, 2.45) is 0 Å². The summed E-state index contributed by atoms with van der Waals surface area (Å²) in [7, 11) is 0. The summed E-state index contributed by atoms with van der Waals surface area (Å²) in [4.78, 5) is 4.73. The molecule has 22 rings (SSSR count). The Morgan fingerprint density at radius 3 is 0.595 bits per heavy atom. The molecule has 0 saturated carbocycles. The van der Waals surface area contributed by atoms with Crippen LogP contribution in [0.4, 0.5) is 34.1 Å². The maximum atomic E-state index is 2.43. The zero-order chi connectivity index (χ0) is 84.2. The lowest BCUT2D eigenvalue weighted by molar-refractivity contribution is 1.18. The van der Waals surface area contributed by atoms with E-state index in [2.05, 4.69) is 530 Å². The van der Waals surface area contributed by atoms with Crippen molar-refractivity contribution < 1.29 is 0 Å². The van der Waals surface area contributed by atoms with Crippen molar-refractivity contribution in [3.8, 4) is 123 Å². The minimum atomic E-state index is 1.08. The van der Waals surface area contributed by atoms with Crippen molar-refractivity contribution in [2.75, 3.05) is 9.80 Å². The van der Waals surface area contributed by atoms with Gasteiger partial charge in [0.25, 0.3) is 0 Å². The molecule has 0 saturated heterocycles. The predicted octanol–water partition coefficient (Wildman–Crippen LogP) is 33.8. The van der Waals surface area contributed by atoms with Crippen LogP contribution in [-0.2, 0) is 0 Å². The average molecular weight is 1610 g/mol. The Kier molecular flexibility index (Phi) is 20.9. The van der Waals surface area contributed by atoms with Crippen LogP contribution in [0.15, 0.2) is 497 Å². The molecule has 0 amide bonds. The third kappa shape index (κ3) is 15.6. The first-order valence-electron chi connectivity index (χ1n) is 43.3. The minimum absolute atomic E-state index is 1.08. The van der Waals surface area contributed by atoms with Crippen LogP contribution in [0.5, 0.6) is 0 Å². The number of nitrogens with zero attached hydrogens (tertiary/aromatic N) is 4. The highest BCUT2D eigenvalue weighted by Gasteiger charge is 2.22. The third-order valence-electron chi connectivity index (χ3n) is 24.5. The summed E-state index contributed by atoms with van der Waals surface area (Å²) in [5.41, 5.74) is 40.0. The zero-order valence-corrected chi connectivity index (χ0v) is 70.1. The molecule has 0 fully saturated rings. The van der Waals surface area contributed by atoms with Gasteiger partial charge in [0.05, 0.1) is 22.1 Å². The number of fused-ring (bicyclic) bond motifs is 6. The van der Waals surface area contributed by atoms with Crippen molar-refractivity contribution >= 4 is 77.7 Å². The topological polar surface area (TPSA) is 16.3 Å². The highest BCUT2D eigenvalue weighted by atomic mass is 15.1. The first-order valence-corrected chi connectivity index (χ1v) is 43.3. The van der Waals surface area contributed by atoms with Crippen molar-refractivity contribution in [3.63, 3.8) is 0 Å². The van der Waals surface area contributed by atoms with E-state index in [1.165, 1.54) is 149 Å². The first-order chi connectivity index (χ1) is 62.2. The fourth-order valence-corrected chi connectivity index (χ4v) is 18.1. The fraction of sp³-hybridized carbons (Fsp3) is 0.0164. The van der Waals surface area contributed by atoms with Gasteiger partial charge in [0, 0.05) is 67.0 Å². The Labute approximate surface area is 736 Å². The maximum absolute atomic E-state index is 2.43. The number of benzene rings is 20. The van der Waals surface area contributed by atoms with Gasteiger partial charge in [0.15, 0.2) is 0 Å². The number of aromatic nitrogens is 2. The minimum Gasteiger partial charge on any atom is -0.310 e. The van der Waals surface area contributed by atoms with Crippen LogP contribution in [0.2, 0.25) is 0 Å². The summed E-state index contributed by atoms with van der Waals surface area (Å²) in [6.45, 7) is 4.35. The van der Waals surface area contributed by atoms with Crippen LogP contribution in [-0.4, -0.2) is 9.13 Å². The smallest absolute Gasteiger partial charge is 0.0541 e. The monoisotopic (exact) mass is 1610 g/mol. The number of hydrogen-bond donors (Lipinski definition) is 0. The highest BCUT2D eigenvalue weighted by molar-refractivity contribution is 6.12. The van der Waals surface area contributed by atoms with Gasteiger partial charge < -0.3 is 18.9 Å². The van der Waals surface area contributed by atoms with E-state index < -0.39 is 0 Å². The molecule has 0 atom stereocenters. The van der Waals surface area contributed by atoms with Crippen LogP contribution in [0.25, 0.3) is 166 Å². The molecule has 0 unspecified atom stereocenters. The lowest BCUT2D eigenvalue weighted by Crippen LogP contribution is -2.10. The molecule has 0 N–H and O–H groups in total. The second kappa shape index (κ2) is 34.3. The van der Waals surface area contributed by atoms with Gasteiger partial charge in [-0.25, -0.2) is 0 Å². The zero-order valence-electron chi connectivity index (χ0n) is 70.1. The van der Waals surface area contributed by atoms with Gasteiger partial charge in [-0.1, -0.05) is 363 Å². The van der Waals surface area contributed by atoms with E-state index in [-0.39, 0.29) is 0 Å². The Morgan fingerprint density at radius 1 is 0.135 bits per heavy atom. The first kappa shape index (κ1) is 77.0. The quantitative estimate of drug-likeness (QED) is 0.0851. The van der Waals surface area contributed by atoms with Crippen LogP contribution >= 0.6 is 0 Å². The molecule has 0 aliphatic rings. The molecule has 22 aromatic rings. The Bertz CT molecular complexity index is 7460. The van der Waals surface area contributed by atoms with E-state index in [1.54, 1.807) is 0 Å². The molecule has 0 bridgehead atoms. The molecule has 4 nitrogen and oxygen atoms in total. The van der Waals surface area contributed by atoms with E-state index >= 15 is 0 Å². The SMILES string of the molecule is Cc1ccc2c(c1)c1cc(C)ccc1n2-c1cccc(-c2cccc(N(c3ccc(-c4ccccc4)cc3)c3ccc(-c4ccc(-c5ccccc5)cc4)cc3)c2)c1.c1ccc(-c2ccc(-c3ccc(N(c4ccc(-c5ccccc5)cc4)c4cccc(-c5cccc(-n6c7ccc(-c8ccccc8)cc7c7cc(-c8ccccc8)ccc76)c5)c4)cc3)cc2)cc1. The Balaban J connectivity index is 0.000000156. The molecule has 0 radical (unpaired) electrons. The number of anilines is 6. The molecular weight excluding hydrogens is 1520 g/mol. The molecular formula is C122H88N4. The standard InChI is InChI=1S/C66H46N2.C56H42N2/c1-5-15-47(16-6-1)51-27-29-52(30-28-51)54-33-39-60(40-34-54)67(59-37-31-53(32-38-59)48-17-7-2-8-18-48)61-25-13-23-55(43-61)56-24-14-26-62(44-56)68-65-41-35-57(49-19-9-3-10-20-49)45-63(65)64-46-58(36-42-66(64)68)50-21-11-4-12-22-50;1-39-19-33-55-53(35-39)54-36-40(2)20-34-56(54)58(55)52-18-10-16-48(38-52)47-15-9-17-51(37-47)57(49-29-25-45(26-30-49)42-13-7-4-8-14-42)50-31-27-46(28-32-50)44-23-21-43(22-24-44)41-11-5-3-6-12-41/h1-46H;3-38H,1-2H3. The summed E-state index contributed by atoms with van der Waals surface area (Å²) in [6.07, 6.45) is 0. The van der Waals surface area contributed by atoms with Gasteiger partial charge in [-0.15, -0.1) is 0 Å². The molecule has 20 aromatic carbocycles. The van der Waals surface area contributed by atoms with Gasteiger partial charge in [-0.05, 0) is 271 Å². The molecule has 596 valence electrons. The molecule has 2 heterocycles. The number of aryl methyl sites for hydroxylation is 2. The summed E-state index contributed by atoms with van der Waals surface area (Å²) in [6, 6.07) is 180. The van der Waals surface area contributed by atoms with Gasteiger partial charge in [0.2, 0.25) is 0 Å². The lowest BCUT2D eigenvalue weighted by Gasteiger charge is -2.26. The third-order valence-corrected chi connectivity index (χ3v) is 24.5. The molecule has 0 spiro atoms. The second-order valence-corrected chi connectivity index (χ2v) is 32.6.